The van der Waals surface area contributed by atoms with Crippen LogP contribution in [-0.4, -0.2) is 57.6 Å². The van der Waals surface area contributed by atoms with E-state index in [1.54, 1.807) is 42.5 Å². The Kier molecular flexibility index (Phi) is 7.28. The summed E-state index contributed by atoms with van der Waals surface area (Å²) in [7, 11) is 0.258. The van der Waals surface area contributed by atoms with Crippen LogP contribution in [0.5, 0.6) is 0 Å². The van der Waals surface area contributed by atoms with Gasteiger partial charge in [-0.2, -0.15) is 0 Å². The topological polar surface area (TPSA) is 125 Å². The number of non-ortho nitro benzene ring substituents is 1. The van der Waals surface area contributed by atoms with Gasteiger partial charge in [0, 0.05) is 42.2 Å². The van der Waals surface area contributed by atoms with Crippen LogP contribution in [0, 0.1) is 10.1 Å². The first-order chi connectivity index (χ1) is 17.5. The van der Waals surface area contributed by atoms with Crippen molar-refractivity contribution in [1.29, 1.82) is 0 Å². The minimum absolute atomic E-state index is 0.0627. The van der Waals surface area contributed by atoms with Gasteiger partial charge in [-0.15, -0.1) is 0 Å². The molecule has 0 radical (unpaired) electrons. The number of para-hydroxylation sites is 1. The van der Waals surface area contributed by atoms with Crippen LogP contribution in [-0.2, 0) is 14.8 Å². The van der Waals surface area contributed by atoms with Gasteiger partial charge in [-0.25, -0.2) is 8.42 Å². The van der Waals surface area contributed by atoms with Crippen LogP contribution in [0.1, 0.15) is 11.1 Å². The van der Waals surface area contributed by atoms with Gasteiger partial charge < -0.3 is 15.5 Å². The molecular weight excluding hydrogens is 494 g/mol. The summed E-state index contributed by atoms with van der Waals surface area (Å²) in [5.41, 5.74) is 3.90. The predicted octanol–water partition coefficient (Wildman–Crippen LogP) is 3.85. The number of likely N-dealkylation sites (N-methyl/N-ethyl adjacent to an activating group) is 1. The molecule has 0 unspecified atom stereocenters. The van der Waals surface area contributed by atoms with Crippen molar-refractivity contribution < 1.29 is 18.1 Å². The molecule has 1 aliphatic rings. The number of carbonyl (C=O) groups is 1. The van der Waals surface area contributed by atoms with Crippen LogP contribution in [0.2, 0.25) is 0 Å². The third-order valence-corrected chi connectivity index (χ3v) is 7.06. The van der Waals surface area contributed by atoms with Gasteiger partial charge in [0.25, 0.3) is 11.6 Å². The van der Waals surface area contributed by atoms with Crippen molar-refractivity contribution in [3.05, 3.63) is 94.0 Å². The number of anilines is 3. The van der Waals surface area contributed by atoms with E-state index in [2.05, 4.69) is 10.6 Å². The smallest absolute Gasteiger partial charge is 0.269 e. The molecule has 37 heavy (non-hydrogen) atoms. The molecule has 1 heterocycles. The Balaban J connectivity index is 1.74. The van der Waals surface area contributed by atoms with Gasteiger partial charge in [-0.1, -0.05) is 18.2 Å². The minimum atomic E-state index is -3.49. The highest BCUT2D eigenvalue weighted by Crippen LogP contribution is 2.37. The van der Waals surface area contributed by atoms with Crippen LogP contribution in [0.4, 0.5) is 22.7 Å². The Hall–Kier alpha value is -4.22. The highest BCUT2D eigenvalue weighted by atomic mass is 32.2. The molecule has 0 aromatic heterocycles. The molecule has 0 atom stereocenters. The Bertz CT molecular complexity index is 1470. The Morgan fingerprint density at radius 2 is 1.62 bits per heavy atom. The zero-order valence-corrected chi connectivity index (χ0v) is 21.5. The third kappa shape index (κ3) is 5.79. The lowest BCUT2D eigenvalue weighted by atomic mass is 10.00. The summed E-state index contributed by atoms with van der Waals surface area (Å²) in [5.74, 6) is -0.300. The first-order valence-electron chi connectivity index (χ1n) is 11.4. The van der Waals surface area contributed by atoms with Gasteiger partial charge >= 0.3 is 0 Å². The first kappa shape index (κ1) is 25.9. The lowest BCUT2D eigenvalue weighted by Gasteiger charge is -2.24. The monoisotopic (exact) mass is 521 g/mol. The number of fused-ring (bicyclic) bond motifs is 1. The summed E-state index contributed by atoms with van der Waals surface area (Å²) in [6.45, 7) is 0.853. The molecule has 1 aliphatic heterocycles. The maximum Gasteiger partial charge on any atom is 0.269 e. The molecule has 0 saturated heterocycles. The van der Waals surface area contributed by atoms with Gasteiger partial charge in [-0.3, -0.25) is 19.2 Å². The van der Waals surface area contributed by atoms with Crippen molar-refractivity contribution in [2.75, 3.05) is 48.4 Å². The Labute approximate surface area is 215 Å². The molecule has 1 amide bonds. The van der Waals surface area contributed by atoms with Gasteiger partial charge in [0.05, 0.1) is 28.1 Å². The third-order valence-electron chi connectivity index (χ3n) is 5.86. The second-order valence-corrected chi connectivity index (χ2v) is 10.8. The molecule has 0 spiro atoms. The molecule has 3 aromatic carbocycles. The molecule has 0 aliphatic carbocycles. The number of nitrogens with zero attached hydrogens (tertiary/aromatic N) is 3. The first-order valence-corrected chi connectivity index (χ1v) is 13.3. The van der Waals surface area contributed by atoms with E-state index in [1.165, 1.54) is 22.7 Å². The number of amides is 1. The Morgan fingerprint density at radius 3 is 2.22 bits per heavy atom. The maximum absolute atomic E-state index is 13.0. The van der Waals surface area contributed by atoms with Crippen molar-refractivity contribution in [1.82, 2.24) is 4.90 Å². The second kappa shape index (κ2) is 10.4. The molecule has 3 aromatic rings. The lowest BCUT2D eigenvalue weighted by molar-refractivity contribution is -0.384. The average Bonchev–Trinajstić information content (AvgIpc) is 3.18. The molecule has 0 bridgehead atoms. The van der Waals surface area contributed by atoms with Crippen LogP contribution >= 0.6 is 0 Å². The fourth-order valence-corrected chi connectivity index (χ4v) is 4.94. The van der Waals surface area contributed by atoms with E-state index in [4.69, 9.17) is 0 Å². The number of sulfonamides is 1. The summed E-state index contributed by atoms with van der Waals surface area (Å²) in [6, 6.07) is 20.1. The molecule has 2 N–H and O–H groups in total. The maximum atomic E-state index is 13.0. The van der Waals surface area contributed by atoms with Crippen LogP contribution in [0.15, 0.2) is 72.8 Å². The van der Waals surface area contributed by atoms with Crippen molar-refractivity contribution in [3.8, 4) is 0 Å². The van der Waals surface area contributed by atoms with E-state index in [9.17, 15) is 23.3 Å². The zero-order valence-electron chi connectivity index (χ0n) is 20.6. The van der Waals surface area contributed by atoms with E-state index in [0.29, 0.717) is 52.5 Å². The molecule has 0 fully saturated rings. The molecule has 192 valence electrons. The summed E-state index contributed by atoms with van der Waals surface area (Å²) in [4.78, 5) is 25.6. The number of hydrogen-bond donors (Lipinski definition) is 2. The van der Waals surface area contributed by atoms with Crippen molar-refractivity contribution in [2.24, 2.45) is 0 Å². The van der Waals surface area contributed by atoms with E-state index in [1.807, 2.05) is 37.2 Å². The summed E-state index contributed by atoms with van der Waals surface area (Å²) in [5, 5.41) is 17.3. The highest BCUT2D eigenvalue weighted by Gasteiger charge is 2.28. The second-order valence-electron chi connectivity index (χ2n) is 8.86. The number of nitrogens with one attached hydrogen (secondary N) is 2. The number of rotatable bonds is 9. The standard InChI is InChI=1S/C26H27N5O5S/c1-29(2)16-17-30(37(3,35)36)20-14-10-19(11-15-20)27-25(18-8-12-21(13-9-18)31(33)34)24-22-6-4-5-7-23(22)28-26(24)32/h4-15,27H,16-17H2,1-3H3,(H,28,32)/b25-24-. The van der Waals surface area contributed by atoms with E-state index < -0.39 is 14.9 Å². The number of carbonyl (C=O) groups excluding carboxylic acids is 1. The fraction of sp³-hybridized carbons (Fsp3) is 0.192. The molecular formula is C26H27N5O5S. The van der Waals surface area contributed by atoms with Crippen molar-refractivity contribution in [2.45, 2.75) is 0 Å². The number of hydrogen-bond acceptors (Lipinski definition) is 7. The molecule has 0 saturated carbocycles. The number of nitro benzene ring substituents is 1. The summed E-state index contributed by atoms with van der Waals surface area (Å²) in [6.07, 6.45) is 1.17. The van der Waals surface area contributed by atoms with Gasteiger partial charge in [0.1, 0.15) is 0 Å². The number of nitro groups is 1. The van der Waals surface area contributed by atoms with E-state index in [0.717, 1.165) is 0 Å². The van der Waals surface area contributed by atoms with Crippen LogP contribution < -0.4 is 14.9 Å². The highest BCUT2D eigenvalue weighted by molar-refractivity contribution is 7.92. The largest absolute Gasteiger partial charge is 0.354 e. The summed E-state index contributed by atoms with van der Waals surface area (Å²) >= 11 is 0. The molecule has 11 heteroatoms. The summed E-state index contributed by atoms with van der Waals surface area (Å²) < 4.78 is 26.1. The van der Waals surface area contributed by atoms with Gasteiger partial charge in [-0.05, 0) is 62.1 Å². The Morgan fingerprint density at radius 1 is 0.973 bits per heavy atom. The molecule has 4 rings (SSSR count). The van der Waals surface area contributed by atoms with E-state index in [-0.39, 0.29) is 11.6 Å². The number of benzene rings is 3. The average molecular weight is 522 g/mol. The van der Waals surface area contributed by atoms with E-state index >= 15 is 0 Å². The normalized spacial score (nSPS) is 14.2. The fourth-order valence-electron chi connectivity index (χ4n) is 4.03. The quantitative estimate of drug-likeness (QED) is 0.249. The van der Waals surface area contributed by atoms with Gasteiger partial charge in [0.15, 0.2) is 0 Å². The van der Waals surface area contributed by atoms with Crippen LogP contribution in [0.25, 0.3) is 11.3 Å². The zero-order chi connectivity index (χ0) is 26.7. The lowest BCUT2D eigenvalue weighted by Crippen LogP contribution is -2.35. The van der Waals surface area contributed by atoms with Gasteiger partial charge in [0.2, 0.25) is 10.0 Å². The van der Waals surface area contributed by atoms with Crippen LogP contribution in [0.3, 0.4) is 0 Å². The van der Waals surface area contributed by atoms with Crippen molar-refractivity contribution >= 4 is 50.0 Å². The SMILES string of the molecule is CN(C)CCN(c1ccc(N/C(=C2\C(=O)Nc3ccccc32)c2ccc([N+](=O)[O-])cc2)cc1)S(C)(=O)=O. The van der Waals surface area contributed by atoms with Crippen molar-refractivity contribution in [3.63, 3.8) is 0 Å². The predicted molar refractivity (Wildman–Crippen MR) is 146 cm³/mol. The molecule has 10 nitrogen and oxygen atoms in total. The minimum Gasteiger partial charge on any atom is -0.354 e.